The predicted octanol–water partition coefficient (Wildman–Crippen LogP) is 2.43. The van der Waals surface area contributed by atoms with E-state index in [2.05, 4.69) is 18.2 Å². The lowest BCUT2D eigenvalue weighted by molar-refractivity contribution is 0.268. The maximum absolute atomic E-state index is 5.16. The molecule has 74 valence electrons. The second-order valence-electron chi connectivity index (χ2n) is 4.31. The zero-order chi connectivity index (χ0) is 9.52. The van der Waals surface area contributed by atoms with Gasteiger partial charge in [-0.15, -0.1) is 6.42 Å². The van der Waals surface area contributed by atoms with Crippen molar-refractivity contribution in [2.75, 3.05) is 13.1 Å². The predicted molar refractivity (Wildman–Crippen MR) is 57.4 cm³/mol. The molecule has 1 N–H and O–H groups in total. The Balaban J connectivity index is 2.04. The summed E-state index contributed by atoms with van der Waals surface area (Å²) in [6.45, 7) is 4.20. The Bertz CT molecular complexity index is 168. The molecule has 0 spiro atoms. The minimum Gasteiger partial charge on any atom is -0.306 e. The Morgan fingerprint density at radius 2 is 2.31 bits per heavy atom. The zero-order valence-corrected chi connectivity index (χ0v) is 8.68. The molecule has 0 amide bonds. The van der Waals surface area contributed by atoms with E-state index >= 15 is 0 Å². The van der Waals surface area contributed by atoms with Crippen LogP contribution in [0.15, 0.2) is 0 Å². The SMILES string of the molecule is C#CCNCCC1CCCC(C)C1. The number of nitrogens with one attached hydrogen (secondary N) is 1. The highest BCUT2D eigenvalue weighted by Gasteiger charge is 2.17. The van der Waals surface area contributed by atoms with E-state index in [9.17, 15) is 0 Å². The molecule has 1 nitrogen and oxygen atoms in total. The van der Waals surface area contributed by atoms with Crippen LogP contribution in [-0.2, 0) is 0 Å². The molecule has 1 heteroatoms. The van der Waals surface area contributed by atoms with Gasteiger partial charge in [0.05, 0.1) is 6.54 Å². The standard InChI is InChI=1S/C12H21N/c1-3-8-13-9-7-12-6-4-5-11(2)10-12/h1,11-13H,4-10H2,2H3. The molecule has 13 heavy (non-hydrogen) atoms. The van der Waals surface area contributed by atoms with Crippen LogP contribution < -0.4 is 5.32 Å². The molecule has 1 fully saturated rings. The van der Waals surface area contributed by atoms with E-state index in [1.165, 1.54) is 32.1 Å². The smallest absolute Gasteiger partial charge is 0.0573 e. The summed E-state index contributed by atoms with van der Waals surface area (Å²) < 4.78 is 0. The van der Waals surface area contributed by atoms with E-state index in [1.807, 2.05) is 0 Å². The van der Waals surface area contributed by atoms with Gasteiger partial charge in [-0.25, -0.2) is 0 Å². The van der Waals surface area contributed by atoms with Crippen molar-refractivity contribution in [2.45, 2.75) is 39.0 Å². The van der Waals surface area contributed by atoms with Crippen molar-refractivity contribution in [1.29, 1.82) is 0 Å². The third kappa shape index (κ3) is 4.33. The van der Waals surface area contributed by atoms with E-state index in [0.29, 0.717) is 0 Å². The number of hydrogen-bond donors (Lipinski definition) is 1. The van der Waals surface area contributed by atoms with E-state index < -0.39 is 0 Å². The highest BCUT2D eigenvalue weighted by Crippen LogP contribution is 2.30. The van der Waals surface area contributed by atoms with Gasteiger partial charge in [0.2, 0.25) is 0 Å². The summed E-state index contributed by atoms with van der Waals surface area (Å²) in [7, 11) is 0. The summed E-state index contributed by atoms with van der Waals surface area (Å²) in [4.78, 5) is 0. The van der Waals surface area contributed by atoms with Crippen LogP contribution in [-0.4, -0.2) is 13.1 Å². The average Bonchev–Trinajstić information content (AvgIpc) is 2.13. The van der Waals surface area contributed by atoms with Crippen molar-refractivity contribution in [2.24, 2.45) is 11.8 Å². The minimum absolute atomic E-state index is 0.724. The van der Waals surface area contributed by atoms with E-state index in [-0.39, 0.29) is 0 Å². The molecule has 0 bridgehead atoms. The van der Waals surface area contributed by atoms with Crippen LogP contribution in [0.2, 0.25) is 0 Å². The van der Waals surface area contributed by atoms with E-state index in [0.717, 1.165) is 24.9 Å². The summed E-state index contributed by atoms with van der Waals surface area (Å²) in [5, 5.41) is 3.26. The molecule has 2 unspecified atom stereocenters. The molecule has 0 aromatic carbocycles. The molecule has 0 saturated heterocycles. The quantitative estimate of drug-likeness (QED) is 0.516. The third-order valence-corrected chi connectivity index (χ3v) is 3.00. The first kappa shape index (κ1) is 10.6. The van der Waals surface area contributed by atoms with Gasteiger partial charge in [0.15, 0.2) is 0 Å². The van der Waals surface area contributed by atoms with Crippen LogP contribution in [0.4, 0.5) is 0 Å². The van der Waals surface area contributed by atoms with Gasteiger partial charge in [0, 0.05) is 0 Å². The zero-order valence-electron chi connectivity index (χ0n) is 8.68. The second kappa shape index (κ2) is 6.05. The highest BCUT2D eigenvalue weighted by molar-refractivity contribution is 4.86. The molecule has 0 aromatic rings. The Labute approximate surface area is 82.3 Å². The molecule has 0 radical (unpaired) electrons. The first-order chi connectivity index (χ1) is 6.33. The topological polar surface area (TPSA) is 12.0 Å². The third-order valence-electron chi connectivity index (χ3n) is 3.00. The van der Waals surface area contributed by atoms with E-state index in [4.69, 9.17) is 6.42 Å². The Kier molecular flexibility index (Phi) is 4.93. The molecule has 0 heterocycles. The van der Waals surface area contributed by atoms with Gasteiger partial charge in [-0.1, -0.05) is 32.1 Å². The lowest BCUT2D eigenvalue weighted by Gasteiger charge is -2.26. The first-order valence-corrected chi connectivity index (χ1v) is 5.47. The van der Waals surface area contributed by atoms with Crippen LogP contribution in [0.1, 0.15) is 39.0 Å². The van der Waals surface area contributed by atoms with Crippen molar-refractivity contribution in [3.8, 4) is 12.3 Å². The van der Waals surface area contributed by atoms with Crippen LogP contribution in [0.5, 0.6) is 0 Å². The van der Waals surface area contributed by atoms with Crippen LogP contribution in [0.25, 0.3) is 0 Å². The van der Waals surface area contributed by atoms with Crippen molar-refractivity contribution in [3.63, 3.8) is 0 Å². The first-order valence-electron chi connectivity index (χ1n) is 5.47. The second-order valence-corrected chi connectivity index (χ2v) is 4.31. The van der Waals surface area contributed by atoms with E-state index in [1.54, 1.807) is 0 Å². The van der Waals surface area contributed by atoms with Crippen molar-refractivity contribution in [3.05, 3.63) is 0 Å². The molecule has 2 atom stereocenters. The normalized spacial score (nSPS) is 28.3. The molecule has 1 saturated carbocycles. The monoisotopic (exact) mass is 179 g/mol. The number of terminal acetylenes is 1. The largest absolute Gasteiger partial charge is 0.306 e. The summed E-state index contributed by atoms with van der Waals surface area (Å²) in [5.41, 5.74) is 0. The fourth-order valence-corrected chi connectivity index (χ4v) is 2.29. The van der Waals surface area contributed by atoms with Crippen LogP contribution in [0.3, 0.4) is 0 Å². The lowest BCUT2D eigenvalue weighted by Crippen LogP contribution is -2.21. The lowest BCUT2D eigenvalue weighted by atomic mass is 9.81. The van der Waals surface area contributed by atoms with Crippen molar-refractivity contribution >= 4 is 0 Å². The van der Waals surface area contributed by atoms with Gasteiger partial charge in [-0.2, -0.15) is 0 Å². The Morgan fingerprint density at radius 3 is 3.00 bits per heavy atom. The summed E-state index contributed by atoms with van der Waals surface area (Å²) in [5.74, 6) is 4.51. The fraction of sp³-hybridized carbons (Fsp3) is 0.833. The fourth-order valence-electron chi connectivity index (χ4n) is 2.29. The number of rotatable bonds is 4. The summed E-state index contributed by atoms with van der Waals surface area (Å²) in [6, 6.07) is 0. The van der Waals surface area contributed by atoms with Crippen LogP contribution >= 0.6 is 0 Å². The van der Waals surface area contributed by atoms with Gasteiger partial charge in [0.1, 0.15) is 0 Å². The van der Waals surface area contributed by atoms with Crippen molar-refractivity contribution in [1.82, 2.24) is 5.32 Å². The molecule has 1 aliphatic rings. The Morgan fingerprint density at radius 1 is 1.46 bits per heavy atom. The average molecular weight is 179 g/mol. The highest BCUT2D eigenvalue weighted by atomic mass is 14.8. The summed E-state index contributed by atoms with van der Waals surface area (Å²) in [6.07, 6.45) is 12.2. The summed E-state index contributed by atoms with van der Waals surface area (Å²) >= 11 is 0. The maximum Gasteiger partial charge on any atom is 0.0573 e. The number of hydrogen-bond acceptors (Lipinski definition) is 1. The maximum atomic E-state index is 5.16. The molecule has 1 rings (SSSR count). The molecule has 1 aliphatic carbocycles. The molecule has 0 aromatic heterocycles. The molecular formula is C12H21N. The van der Waals surface area contributed by atoms with Gasteiger partial charge in [-0.3, -0.25) is 0 Å². The van der Waals surface area contributed by atoms with Crippen LogP contribution in [0, 0.1) is 24.2 Å². The van der Waals surface area contributed by atoms with Gasteiger partial charge >= 0.3 is 0 Å². The van der Waals surface area contributed by atoms with Gasteiger partial charge in [0.25, 0.3) is 0 Å². The van der Waals surface area contributed by atoms with Crippen molar-refractivity contribution < 1.29 is 0 Å². The van der Waals surface area contributed by atoms with Gasteiger partial charge in [-0.05, 0) is 31.2 Å². The van der Waals surface area contributed by atoms with Gasteiger partial charge < -0.3 is 5.32 Å². The molecule has 0 aliphatic heterocycles. The molecular weight excluding hydrogens is 158 g/mol. The minimum atomic E-state index is 0.724. The Hall–Kier alpha value is -0.480.